The number of rotatable bonds is 9. The summed E-state index contributed by atoms with van der Waals surface area (Å²) in [6.07, 6.45) is 6.24. The molecule has 0 saturated carbocycles. The summed E-state index contributed by atoms with van der Waals surface area (Å²) in [7, 11) is 1.61. The summed E-state index contributed by atoms with van der Waals surface area (Å²) in [6.45, 7) is 4.29. The molecule has 0 saturated heterocycles. The van der Waals surface area contributed by atoms with Crippen LogP contribution in [0.15, 0.2) is 23.3 Å². The van der Waals surface area contributed by atoms with Crippen LogP contribution in [-0.4, -0.2) is 25.8 Å². The molecule has 0 fully saturated rings. The number of hydrogen-bond donors (Lipinski definition) is 1. The van der Waals surface area contributed by atoms with Crippen molar-refractivity contribution >= 4 is 12.1 Å². The number of carbonyl (C=O) groups excluding carboxylic acids is 1. The van der Waals surface area contributed by atoms with Crippen molar-refractivity contribution in [1.29, 1.82) is 0 Å². The third-order valence-corrected chi connectivity index (χ3v) is 2.88. The first-order chi connectivity index (χ1) is 10.2. The number of amides is 1. The zero-order chi connectivity index (χ0) is 15.5. The monoisotopic (exact) mass is 292 g/mol. The lowest BCUT2D eigenvalue weighted by molar-refractivity contribution is -0.118. The van der Waals surface area contributed by atoms with Crippen molar-refractivity contribution in [1.82, 2.24) is 5.43 Å². The molecule has 1 rings (SSSR count). The van der Waals surface area contributed by atoms with Crippen molar-refractivity contribution in [3.05, 3.63) is 23.8 Å². The van der Waals surface area contributed by atoms with Gasteiger partial charge >= 0.3 is 0 Å². The molecule has 0 aromatic heterocycles. The fourth-order valence-corrected chi connectivity index (χ4v) is 1.79. The van der Waals surface area contributed by atoms with E-state index < -0.39 is 0 Å². The van der Waals surface area contributed by atoms with E-state index in [4.69, 9.17) is 9.47 Å². The molecular weight excluding hydrogens is 268 g/mol. The van der Waals surface area contributed by atoms with Gasteiger partial charge in [0.2, 0.25) is 5.91 Å². The second-order valence-electron chi connectivity index (χ2n) is 4.75. The Morgan fingerprint density at radius 1 is 1.29 bits per heavy atom. The Morgan fingerprint density at radius 2 is 2.10 bits per heavy atom. The summed E-state index contributed by atoms with van der Waals surface area (Å²) >= 11 is 0. The topological polar surface area (TPSA) is 59.9 Å². The van der Waals surface area contributed by atoms with Crippen LogP contribution in [0.25, 0.3) is 0 Å². The summed E-state index contributed by atoms with van der Waals surface area (Å²) in [5.74, 6) is 1.19. The first kappa shape index (κ1) is 17.0. The van der Waals surface area contributed by atoms with E-state index in [1.807, 2.05) is 18.2 Å². The standard InChI is InChI=1S/C16H24N2O3/c1-4-5-6-7-10-21-15-9-8-14(11-16(15)20-3)12-17-18-13(2)19/h8-9,11-12H,4-7,10H2,1-3H3,(H,18,19)/b17-12-. The Labute approximate surface area is 126 Å². The van der Waals surface area contributed by atoms with Gasteiger partial charge < -0.3 is 9.47 Å². The summed E-state index contributed by atoms with van der Waals surface area (Å²) in [5, 5.41) is 3.82. The second-order valence-corrected chi connectivity index (χ2v) is 4.75. The second kappa shape index (κ2) is 9.80. The first-order valence-electron chi connectivity index (χ1n) is 7.27. The molecule has 1 amide bonds. The van der Waals surface area contributed by atoms with Gasteiger partial charge in [-0.05, 0) is 30.2 Å². The molecule has 21 heavy (non-hydrogen) atoms. The van der Waals surface area contributed by atoms with Crippen LogP contribution < -0.4 is 14.9 Å². The molecule has 0 atom stereocenters. The fourth-order valence-electron chi connectivity index (χ4n) is 1.79. The van der Waals surface area contributed by atoms with Crippen LogP contribution in [0.1, 0.15) is 45.1 Å². The van der Waals surface area contributed by atoms with Crippen LogP contribution in [0.3, 0.4) is 0 Å². The van der Waals surface area contributed by atoms with E-state index in [-0.39, 0.29) is 5.91 Å². The van der Waals surface area contributed by atoms with Crippen molar-refractivity contribution in [3.63, 3.8) is 0 Å². The molecule has 1 N–H and O–H groups in total. The molecule has 0 spiro atoms. The fraction of sp³-hybridized carbons (Fsp3) is 0.500. The Bertz CT molecular complexity index is 473. The maximum Gasteiger partial charge on any atom is 0.236 e. The first-order valence-corrected chi connectivity index (χ1v) is 7.27. The van der Waals surface area contributed by atoms with E-state index in [1.165, 1.54) is 26.2 Å². The van der Waals surface area contributed by atoms with Gasteiger partial charge in [-0.2, -0.15) is 5.10 Å². The largest absolute Gasteiger partial charge is 0.493 e. The number of unbranched alkanes of at least 4 members (excludes halogenated alkanes) is 3. The number of nitrogens with one attached hydrogen (secondary N) is 1. The van der Waals surface area contributed by atoms with Gasteiger partial charge in [-0.25, -0.2) is 5.43 Å². The lowest BCUT2D eigenvalue weighted by Crippen LogP contribution is -2.12. The zero-order valence-electron chi connectivity index (χ0n) is 13.0. The molecular formula is C16H24N2O3. The molecule has 0 aliphatic carbocycles. The van der Waals surface area contributed by atoms with Gasteiger partial charge in [0.05, 0.1) is 19.9 Å². The number of ether oxygens (including phenoxy) is 2. The van der Waals surface area contributed by atoms with Crippen molar-refractivity contribution in [2.75, 3.05) is 13.7 Å². The van der Waals surface area contributed by atoms with Crippen LogP contribution in [0.5, 0.6) is 11.5 Å². The summed E-state index contributed by atoms with van der Waals surface area (Å²) in [5.41, 5.74) is 3.19. The highest BCUT2D eigenvalue weighted by Gasteiger charge is 2.05. The van der Waals surface area contributed by atoms with Crippen LogP contribution in [-0.2, 0) is 4.79 Å². The van der Waals surface area contributed by atoms with Crippen LogP contribution in [0.2, 0.25) is 0 Å². The molecule has 0 bridgehead atoms. The summed E-state index contributed by atoms with van der Waals surface area (Å²) < 4.78 is 11.1. The van der Waals surface area contributed by atoms with Gasteiger partial charge in [0.25, 0.3) is 0 Å². The quantitative estimate of drug-likeness (QED) is 0.432. The van der Waals surface area contributed by atoms with E-state index in [2.05, 4.69) is 17.5 Å². The van der Waals surface area contributed by atoms with Gasteiger partial charge in [0.1, 0.15) is 0 Å². The predicted molar refractivity (Wildman–Crippen MR) is 84.0 cm³/mol. The molecule has 0 radical (unpaired) electrons. The Balaban J connectivity index is 2.57. The molecule has 5 nitrogen and oxygen atoms in total. The highest BCUT2D eigenvalue weighted by Crippen LogP contribution is 2.27. The molecule has 0 aliphatic heterocycles. The minimum Gasteiger partial charge on any atom is -0.493 e. The minimum absolute atomic E-state index is 0.203. The van der Waals surface area contributed by atoms with E-state index in [0.717, 1.165) is 17.7 Å². The SMILES string of the molecule is CCCCCCOc1ccc(/C=N\NC(C)=O)cc1OC. The average Bonchev–Trinajstić information content (AvgIpc) is 2.47. The molecule has 0 unspecified atom stereocenters. The molecule has 5 heteroatoms. The van der Waals surface area contributed by atoms with E-state index in [0.29, 0.717) is 12.4 Å². The lowest BCUT2D eigenvalue weighted by Gasteiger charge is -2.11. The van der Waals surface area contributed by atoms with Gasteiger partial charge in [0.15, 0.2) is 11.5 Å². The third kappa shape index (κ3) is 6.79. The van der Waals surface area contributed by atoms with E-state index >= 15 is 0 Å². The van der Waals surface area contributed by atoms with E-state index in [9.17, 15) is 4.79 Å². The van der Waals surface area contributed by atoms with Gasteiger partial charge in [-0.15, -0.1) is 0 Å². The Hall–Kier alpha value is -2.04. The highest BCUT2D eigenvalue weighted by molar-refractivity contribution is 5.82. The molecule has 0 aliphatic rings. The van der Waals surface area contributed by atoms with Crippen LogP contribution in [0.4, 0.5) is 0 Å². The predicted octanol–water partition coefficient (Wildman–Crippen LogP) is 3.12. The maximum atomic E-state index is 10.7. The van der Waals surface area contributed by atoms with Crippen molar-refractivity contribution in [2.45, 2.75) is 39.5 Å². The number of nitrogens with zero attached hydrogens (tertiary/aromatic N) is 1. The lowest BCUT2D eigenvalue weighted by atomic mass is 10.2. The summed E-state index contributed by atoms with van der Waals surface area (Å²) in [6, 6.07) is 5.55. The number of hydrogen-bond acceptors (Lipinski definition) is 4. The molecule has 116 valence electrons. The Kier molecular flexibility index (Phi) is 7.94. The smallest absolute Gasteiger partial charge is 0.236 e. The van der Waals surface area contributed by atoms with Crippen molar-refractivity contribution in [3.8, 4) is 11.5 Å². The zero-order valence-corrected chi connectivity index (χ0v) is 13.0. The third-order valence-electron chi connectivity index (χ3n) is 2.88. The number of carbonyl (C=O) groups is 1. The van der Waals surface area contributed by atoms with Gasteiger partial charge in [-0.3, -0.25) is 4.79 Å². The molecule has 1 aromatic rings. The maximum absolute atomic E-state index is 10.7. The molecule has 0 heterocycles. The number of hydrazone groups is 1. The Morgan fingerprint density at radius 3 is 2.76 bits per heavy atom. The van der Waals surface area contributed by atoms with Crippen LogP contribution in [0, 0.1) is 0 Å². The number of methoxy groups -OCH3 is 1. The highest BCUT2D eigenvalue weighted by atomic mass is 16.5. The van der Waals surface area contributed by atoms with E-state index in [1.54, 1.807) is 13.3 Å². The molecule has 1 aromatic carbocycles. The van der Waals surface area contributed by atoms with Crippen LogP contribution >= 0.6 is 0 Å². The normalized spacial score (nSPS) is 10.6. The van der Waals surface area contributed by atoms with Crippen molar-refractivity contribution < 1.29 is 14.3 Å². The number of benzene rings is 1. The van der Waals surface area contributed by atoms with Gasteiger partial charge in [0, 0.05) is 6.92 Å². The average molecular weight is 292 g/mol. The summed E-state index contributed by atoms with van der Waals surface area (Å²) in [4.78, 5) is 10.7. The van der Waals surface area contributed by atoms with Crippen molar-refractivity contribution in [2.24, 2.45) is 5.10 Å². The van der Waals surface area contributed by atoms with Gasteiger partial charge in [-0.1, -0.05) is 26.2 Å². The minimum atomic E-state index is -0.203.